The van der Waals surface area contributed by atoms with Crippen LogP contribution in [-0.4, -0.2) is 65.1 Å². The molecular weight excluding hydrogens is 582 g/mol. The standard InChI is InChI=1S/C37H49N3O6/c1-4-6-12-26(22-39-5-2)24-45-34(44)37-33(43)30-14-9-8-13-29(30)32(42)36(37,46-37)21-27(23-41)25(3)20-35(16-10-7-11-17-35)28-15-18-40-31(38)19-28/h8-9,13-15,18-19,26,39,41H,4-7,10-12,16-17,20-24H2,1-3H3,(H2,38,40). The highest BCUT2D eigenvalue weighted by Gasteiger charge is 2.85. The van der Waals surface area contributed by atoms with E-state index in [2.05, 4.69) is 17.2 Å². The van der Waals surface area contributed by atoms with Gasteiger partial charge in [-0.15, -0.1) is 0 Å². The predicted octanol–water partition coefficient (Wildman–Crippen LogP) is 5.50. The number of allylic oxidation sites excluding steroid dienone is 1. The molecule has 5 rings (SSSR count). The number of esters is 1. The van der Waals surface area contributed by atoms with E-state index in [1.807, 2.05) is 26.0 Å². The van der Waals surface area contributed by atoms with Crippen molar-refractivity contribution >= 4 is 23.4 Å². The minimum atomic E-state index is -2.07. The molecule has 9 nitrogen and oxygen atoms in total. The fourth-order valence-corrected chi connectivity index (χ4v) is 7.73. The summed E-state index contributed by atoms with van der Waals surface area (Å²) in [6.07, 6.45) is 10.4. The molecule has 1 aliphatic heterocycles. The van der Waals surface area contributed by atoms with Crippen LogP contribution in [-0.2, 0) is 19.7 Å². The molecule has 3 aliphatic rings. The number of hydrogen-bond donors (Lipinski definition) is 3. The summed E-state index contributed by atoms with van der Waals surface area (Å²) >= 11 is 0. The van der Waals surface area contributed by atoms with Gasteiger partial charge in [0.25, 0.3) is 5.60 Å². The predicted molar refractivity (Wildman–Crippen MR) is 177 cm³/mol. The van der Waals surface area contributed by atoms with Crippen LogP contribution in [0.4, 0.5) is 5.82 Å². The number of nitrogen functional groups attached to an aromatic ring is 1. The Morgan fingerprint density at radius 2 is 1.80 bits per heavy atom. The van der Waals surface area contributed by atoms with E-state index in [0.29, 0.717) is 24.4 Å². The number of hydrogen-bond acceptors (Lipinski definition) is 9. The molecule has 2 aromatic rings. The third-order valence-corrected chi connectivity index (χ3v) is 10.4. The average molecular weight is 632 g/mol. The van der Waals surface area contributed by atoms with E-state index in [9.17, 15) is 19.5 Å². The number of carbonyl (C=O) groups excluding carboxylic acids is 3. The second-order valence-electron chi connectivity index (χ2n) is 13.4. The van der Waals surface area contributed by atoms with Crippen LogP contribution in [0.5, 0.6) is 0 Å². The summed E-state index contributed by atoms with van der Waals surface area (Å²) in [5.74, 6) is -1.28. The van der Waals surface area contributed by atoms with Crippen molar-refractivity contribution in [2.75, 3.05) is 32.0 Å². The highest BCUT2D eigenvalue weighted by atomic mass is 16.7. The molecule has 2 fully saturated rings. The summed E-state index contributed by atoms with van der Waals surface area (Å²) in [7, 11) is 0. The molecule has 0 radical (unpaired) electrons. The van der Waals surface area contributed by atoms with E-state index in [1.54, 1.807) is 30.5 Å². The summed E-state index contributed by atoms with van der Waals surface area (Å²) in [4.78, 5) is 46.5. The van der Waals surface area contributed by atoms with Crippen molar-refractivity contribution in [3.05, 3.63) is 70.4 Å². The number of anilines is 1. The highest BCUT2D eigenvalue weighted by molar-refractivity contribution is 6.32. The molecular formula is C37H49N3O6. The summed E-state index contributed by atoms with van der Waals surface area (Å²) in [6, 6.07) is 10.5. The summed E-state index contributed by atoms with van der Waals surface area (Å²) in [5, 5.41) is 14.1. The van der Waals surface area contributed by atoms with Gasteiger partial charge in [-0.3, -0.25) is 9.59 Å². The van der Waals surface area contributed by atoms with Crippen molar-refractivity contribution in [3.63, 3.8) is 0 Å². The van der Waals surface area contributed by atoms with Crippen molar-refractivity contribution in [2.45, 2.75) is 102 Å². The topological polar surface area (TPSA) is 144 Å². The van der Waals surface area contributed by atoms with Gasteiger partial charge in [-0.2, -0.15) is 0 Å². The average Bonchev–Trinajstić information content (AvgIpc) is 3.77. The number of nitrogens with zero attached hydrogens (tertiary/aromatic N) is 1. The van der Waals surface area contributed by atoms with Gasteiger partial charge in [-0.1, -0.05) is 75.8 Å². The van der Waals surface area contributed by atoms with Gasteiger partial charge in [0.1, 0.15) is 5.82 Å². The number of Topliss-reactive ketones (excluding diaryl/α,β-unsaturated/α-hetero) is 2. The van der Waals surface area contributed by atoms with Crippen LogP contribution in [0.2, 0.25) is 0 Å². The zero-order valence-corrected chi connectivity index (χ0v) is 27.5. The number of nitrogens with two attached hydrogens (primary N) is 1. The minimum Gasteiger partial charge on any atom is -0.463 e. The molecule has 2 heterocycles. The van der Waals surface area contributed by atoms with E-state index in [4.69, 9.17) is 15.2 Å². The molecule has 248 valence electrons. The van der Waals surface area contributed by atoms with Crippen molar-refractivity contribution in [3.8, 4) is 0 Å². The third kappa shape index (κ3) is 6.17. The lowest BCUT2D eigenvalue weighted by Gasteiger charge is -2.39. The zero-order chi connectivity index (χ0) is 33.0. The first kappa shape index (κ1) is 33.9. The molecule has 3 unspecified atom stereocenters. The van der Waals surface area contributed by atoms with Gasteiger partial charge in [0.2, 0.25) is 5.78 Å². The fraction of sp³-hybridized carbons (Fsp3) is 0.568. The van der Waals surface area contributed by atoms with E-state index in [0.717, 1.165) is 69.0 Å². The van der Waals surface area contributed by atoms with Crippen molar-refractivity contribution in [1.29, 1.82) is 0 Å². The van der Waals surface area contributed by atoms with Crippen molar-refractivity contribution in [1.82, 2.24) is 10.3 Å². The molecule has 0 bridgehead atoms. The van der Waals surface area contributed by atoms with Crippen LogP contribution in [0.15, 0.2) is 53.7 Å². The van der Waals surface area contributed by atoms with Crippen LogP contribution in [0.3, 0.4) is 0 Å². The number of ether oxygens (including phenoxy) is 2. The molecule has 46 heavy (non-hydrogen) atoms. The van der Waals surface area contributed by atoms with Crippen molar-refractivity contribution < 1.29 is 29.0 Å². The van der Waals surface area contributed by atoms with Gasteiger partial charge < -0.3 is 25.6 Å². The lowest BCUT2D eigenvalue weighted by atomic mass is 9.65. The lowest BCUT2D eigenvalue weighted by molar-refractivity contribution is -0.149. The van der Waals surface area contributed by atoms with E-state index < -0.39 is 28.7 Å². The van der Waals surface area contributed by atoms with Gasteiger partial charge in [0.15, 0.2) is 11.4 Å². The molecule has 1 aromatic carbocycles. The third-order valence-electron chi connectivity index (χ3n) is 10.4. The molecule has 0 amide bonds. The second kappa shape index (κ2) is 14.2. The monoisotopic (exact) mass is 631 g/mol. The number of benzene rings is 1. The largest absolute Gasteiger partial charge is 0.463 e. The van der Waals surface area contributed by atoms with Gasteiger partial charge >= 0.3 is 5.97 Å². The quantitative estimate of drug-likeness (QED) is 0.100. The minimum absolute atomic E-state index is 0.0686. The Morgan fingerprint density at radius 3 is 2.46 bits per heavy atom. The number of aromatic nitrogens is 1. The number of epoxide rings is 1. The SMILES string of the molecule is CCCCC(CNCC)COC(=O)C12OC1(CC(CO)=C(C)CC1(c3ccnc(N)c3)CCCCC1)C(=O)c1ccccc1C2=O. The Kier molecular flexibility index (Phi) is 10.4. The number of nitrogens with one attached hydrogen (secondary N) is 1. The molecule has 1 saturated carbocycles. The Morgan fingerprint density at radius 1 is 1.09 bits per heavy atom. The molecule has 1 saturated heterocycles. The number of aliphatic hydroxyl groups is 1. The Labute approximate surface area is 272 Å². The second-order valence-corrected chi connectivity index (χ2v) is 13.4. The van der Waals surface area contributed by atoms with Gasteiger partial charge in [-0.05, 0) is 67.8 Å². The lowest BCUT2D eigenvalue weighted by Crippen LogP contribution is -2.51. The number of fused-ring (bicyclic) bond motifs is 2. The molecule has 4 N–H and O–H groups in total. The van der Waals surface area contributed by atoms with Crippen LogP contribution < -0.4 is 11.1 Å². The van der Waals surface area contributed by atoms with Crippen LogP contribution in [0, 0.1) is 5.92 Å². The van der Waals surface area contributed by atoms with E-state index >= 15 is 0 Å². The maximum atomic E-state index is 14.2. The number of pyridine rings is 1. The highest BCUT2D eigenvalue weighted by Crippen LogP contribution is 2.59. The first-order chi connectivity index (χ1) is 22.2. The maximum Gasteiger partial charge on any atom is 0.350 e. The number of carbonyl (C=O) groups is 3. The fourth-order valence-electron chi connectivity index (χ4n) is 7.73. The van der Waals surface area contributed by atoms with Gasteiger partial charge in [-0.25, -0.2) is 9.78 Å². The first-order valence-electron chi connectivity index (χ1n) is 16.9. The Balaban J connectivity index is 1.47. The zero-order valence-electron chi connectivity index (χ0n) is 27.5. The molecule has 1 aromatic heterocycles. The van der Waals surface area contributed by atoms with E-state index in [-0.39, 0.29) is 42.1 Å². The van der Waals surface area contributed by atoms with Crippen LogP contribution in [0.25, 0.3) is 0 Å². The molecule has 2 aliphatic carbocycles. The smallest absolute Gasteiger partial charge is 0.350 e. The van der Waals surface area contributed by atoms with Gasteiger partial charge in [0.05, 0.1) is 13.2 Å². The first-order valence-corrected chi connectivity index (χ1v) is 16.9. The van der Waals surface area contributed by atoms with Gasteiger partial charge in [0, 0.05) is 36.2 Å². The number of rotatable bonds is 15. The van der Waals surface area contributed by atoms with E-state index in [1.165, 1.54) is 0 Å². The molecule has 3 atom stereocenters. The number of ketones is 2. The Hall–Kier alpha value is -3.40. The van der Waals surface area contributed by atoms with Crippen molar-refractivity contribution in [2.24, 2.45) is 5.92 Å². The summed E-state index contributed by atoms with van der Waals surface area (Å²) in [6.45, 7) is 7.36. The number of aliphatic hydroxyl groups excluding tert-OH is 1. The summed E-state index contributed by atoms with van der Waals surface area (Å²) < 4.78 is 12.0. The molecule has 9 heteroatoms. The van der Waals surface area contributed by atoms with Crippen LogP contribution in [0.1, 0.15) is 111 Å². The van der Waals surface area contributed by atoms with Crippen LogP contribution >= 0.6 is 0 Å². The number of unbranched alkanes of at least 4 members (excludes halogenated alkanes) is 1. The summed E-state index contributed by atoms with van der Waals surface area (Å²) in [5.41, 5.74) is 5.06. The Bertz CT molecular complexity index is 1470. The maximum absolute atomic E-state index is 14.2. The molecule has 0 spiro atoms. The normalized spacial score (nSPS) is 24.4.